The highest BCUT2D eigenvalue weighted by atomic mass is 32.2. The van der Waals surface area contributed by atoms with Gasteiger partial charge in [-0.1, -0.05) is 25.6 Å². The number of rotatable bonds is 7. The van der Waals surface area contributed by atoms with Gasteiger partial charge in [-0.25, -0.2) is 0 Å². The molecule has 1 aliphatic rings. The minimum absolute atomic E-state index is 0.313. The predicted octanol–water partition coefficient (Wildman–Crippen LogP) is 2.58. The summed E-state index contributed by atoms with van der Waals surface area (Å²) in [4.78, 5) is 6.89. The third kappa shape index (κ3) is 4.88. The normalized spacial score (nSPS) is 21.1. The lowest BCUT2D eigenvalue weighted by Crippen LogP contribution is -2.42. The Morgan fingerprint density at radius 1 is 1.29 bits per heavy atom. The molecule has 4 heteroatoms. The van der Waals surface area contributed by atoms with Crippen LogP contribution in [0.2, 0.25) is 0 Å². The molecule has 1 fully saturated rings. The second-order valence-electron chi connectivity index (χ2n) is 5.10. The number of hydrogen-bond acceptors (Lipinski definition) is 3. The lowest BCUT2D eigenvalue weighted by molar-refractivity contribution is 0.395. The highest BCUT2D eigenvalue weighted by Crippen LogP contribution is 2.28. The number of thioether (sulfide) groups is 1. The Morgan fingerprint density at radius 3 is 2.53 bits per heavy atom. The van der Waals surface area contributed by atoms with E-state index < -0.39 is 0 Å². The molecule has 100 valence electrons. The van der Waals surface area contributed by atoms with Crippen LogP contribution in [0.1, 0.15) is 39.5 Å². The monoisotopic (exact) mass is 257 g/mol. The maximum Gasteiger partial charge on any atom is 0.157 e. The molecule has 0 saturated carbocycles. The van der Waals surface area contributed by atoms with Gasteiger partial charge in [-0.05, 0) is 46.3 Å². The highest BCUT2D eigenvalue weighted by Gasteiger charge is 2.33. The average molecular weight is 257 g/mol. The largest absolute Gasteiger partial charge is 0.359 e. The third-order valence-electron chi connectivity index (χ3n) is 3.48. The van der Waals surface area contributed by atoms with E-state index in [2.05, 4.69) is 43.2 Å². The molecular weight excluding hydrogens is 230 g/mol. The quantitative estimate of drug-likeness (QED) is 0.710. The summed E-state index contributed by atoms with van der Waals surface area (Å²) in [5.74, 6) is 1.18. The SMILES string of the molecule is CCC1(CC)CSC(=NCCCCN(C)C)N1. The molecule has 0 radical (unpaired) electrons. The number of nitrogens with one attached hydrogen (secondary N) is 1. The van der Waals surface area contributed by atoms with Crippen molar-refractivity contribution >= 4 is 16.9 Å². The first kappa shape index (κ1) is 14.8. The van der Waals surface area contributed by atoms with Gasteiger partial charge in [0, 0.05) is 17.8 Å². The van der Waals surface area contributed by atoms with Crippen LogP contribution < -0.4 is 5.32 Å². The Labute approximate surface area is 110 Å². The summed E-state index contributed by atoms with van der Waals surface area (Å²) in [7, 11) is 4.24. The third-order valence-corrected chi connectivity index (χ3v) is 4.68. The van der Waals surface area contributed by atoms with Gasteiger partial charge >= 0.3 is 0 Å². The Morgan fingerprint density at radius 2 is 2.00 bits per heavy atom. The molecule has 17 heavy (non-hydrogen) atoms. The van der Waals surface area contributed by atoms with Crippen LogP contribution in [-0.2, 0) is 0 Å². The number of aliphatic imine (C=N–C) groups is 1. The first-order chi connectivity index (χ1) is 8.12. The zero-order chi connectivity index (χ0) is 12.7. The second-order valence-corrected chi connectivity index (χ2v) is 6.06. The van der Waals surface area contributed by atoms with Gasteiger partial charge < -0.3 is 10.2 Å². The summed E-state index contributed by atoms with van der Waals surface area (Å²) in [5, 5.41) is 4.77. The van der Waals surface area contributed by atoms with Crippen molar-refractivity contribution < 1.29 is 0 Å². The van der Waals surface area contributed by atoms with Crippen LogP contribution in [-0.4, -0.2) is 48.5 Å². The van der Waals surface area contributed by atoms with Gasteiger partial charge in [0.15, 0.2) is 5.17 Å². The van der Waals surface area contributed by atoms with E-state index in [1.807, 2.05) is 11.8 Å². The smallest absolute Gasteiger partial charge is 0.157 e. The molecule has 0 amide bonds. The fourth-order valence-corrected chi connectivity index (χ4v) is 3.31. The summed E-state index contributed by atoms with van der Waals surface area (Å²) in [5.41, 5.74) is 0.313. The predicted molar refractivity (Wildman–Crippen MR) is 79.0 cm³/mol. The van der Waals surface area contributed by atoms with Crippen molar-refractivity contribution in [3.05, 3.63) is 0 Å². The van der Waals surface area contributed by atoms with Crippen LogP contribution in [0.15, 0.2) is 4.99 Å². The molecular formula is C13H27N3S. The number of hydrogen-bond donors (Lipinski definition) is 1. The van der Waals surface area contributed by atoms with Gasteiger partial charge in [0.2, 0.25) is 0 Å². The first-order valence-corrected chi connectivity index (χ1v) is 7.70. The number of amidine groups is 1. The van der Waals surface area contributed by atoms with E-state index in [0.29, 0.717) is 5.54 Å². The molecule has 0 aromatic heterocycles. The molecule has 1 rings (SSSR count). The first-order valence-electron chi connectivity index (χ1n) is 6.72. The molecule has 1 aliphatic heterocycles. The zero-order valence-electron chi connectivity index (χ0n) is 11.8. The van der Waals surface area contributed by atoms with Crippen LogP contribution in [0.3, 0.4) is 0 Å². The Balaban J connectivity index is 2.24. The molecule has 0 atom stereocenters. The molecule has 1 heterocycles. The standard InChI is InChI=1S/C13H27N3S/c1-5-13(6-2)11-17-12(15-13)14-9-7-8-10-16(3)4/h5-11H2,1-4H3,(H,14,15). The number of unbranched alkanes of at least 4 members (excludes halogenated alkanes) is 1. The Bertz CT molecular complexity index is 247. The molecule has 3 nitrogen and oxygen atoms in total. The van der Waals surface area contributed by atoms with E-state index in [9.17, 15) is 0 Å². The maximum absolute atomic E-state index is 4.66. The van der Waals surface area contributed by atoms with Crippen LogP contribution in [0.25, 0.3) is 0 Å². The van der Waals surface area contributed by atoms with Gasteiger partial charge in [-0.3, -0.25) is 4.99 Å². The van der Waals surface area contributed by atoms with Crippen LogP contribution in [0, 0.1) is 0 Å². The van der Waals surface area contributed by atoms with E-state index in [1.54, 1.807) is 0 Å². The Kier molecular flexibility index (Phi) is 6.34. The highest BCUT2D eigenvalue weighted by molar-refractivity contribution is 8.14. The van der Waals surface area contributed by atoms with Crippen molar-refractivity contribution in [2.24, 2.45) is 4.99 Å². The summed E-state index contributed by atoms with van der Waals surface area (Å²) < 4.78 is 0. The molecule has 0 bridgehead atoms. The van der Waals surface area contributed by atoms with E-state index in [4.69, 9.17) is 0 Å². The summed E-state index contributed by atoms with van der Waals surface area (Å²) >= 11 is 1.89. The van der Waals surface area contributed by atoms with Crippen molar-refractivity contribution in [3.63, 3.8) is 0 Å². The van der Waals surface area contributed by atoms with Gasteiger partial charge in [0.1, 0.15) is 0 Å². The summed E-state index contributed by atoms with van der Waals surface area (Å²) in [6, 6.07) is 0. The molecule has 0 unspecified atom stereocenters. The molecule has 1 saturated heterocycles. The Hall–Kier alpha value is -0.220. The van der Waals surface area contributed by atoms with Crippen molar-refractivity contribution in [2.45, 2.75) is 45.1 Å². The van der Waals surface area contributed by atoms with Crippen molar-refractivity contribution in [2.75, 3.05) is 32.9 Å². The van der Waals surface area contributed by atoms with Crippen LogP contribution in [0.4, 0.5) is 0 Å². The minimum atomic E-state index is 0.313. The van der Waals surface area contributed by atoms with Crippen molar-refractivity contribution in [1.82, 2.24) is 10.2 Å². The summed E-state index contributed by atoms with van der Waals surface area (Å²) in [6.07, 6.45) is 4.81. The van der Waals surface area contributed by atoms with Crippen LogP contribution in [0.5, 0.6) is 0 Å². The second kappa shape index (κ2) is 7.27. The summed E-state index contributed by atoms with van der Waals surface area (Å²) in [6.45, 7) is 6.65. The van der Waals surface area contributed by atoms with E-state index in [-0.39, 0.29) is 0 Å². The van der Waals surface area contributed by atoms with Crippen molar-refractivity contribution in [1.29, 1.82) is 0 Å². The number of nitrogens with zero attached hydrogens (tertiary/aromatic N) is 2. The van der Waals surface area contributed by atoms with Gasteiger partial charge in [-0.15, -0.1) is 0 Å². The molecule has 0 aromatic rings. The van der Waals surface area contributed by atoms with E-state index in [1.165, 1.54) is 43.1 Å². The zero-order valence-corrected chi connectivity index (χ0v) is 12.6. The lowest BCUT2D eigenvalue weighted by atomic mass is 9.96. The molecule has 1 N–H and O–H groups in total. The van der Waals surface area contributed by atoms with Crippen molar-refractivity contribution in [3.8, 4) is 0 Å². The molecule has 0 aliphatic carbocycles. The lowest BCUT2D eigenvalue weighted by Gasteiger charge is -2.25. The minimum Gasteiger partial charge on any atom is -0.359 e. The fourth-order valence-electron chi connectivity index (χ4n) is 1.94. The average Bonchev–Trinajstić information content (AvgIpc) is 2.73. The van der Waals surface area contributed by atoms with Gasteiger partial charge in [0.05, 0.1) is 0 Å². The van der Waals surface area contributed by atoms with Crippen LogP contribution >= 0.6 is 11.8 Å². The molecule has 0 aromatic carbocycles. The van der Waals surface area contributed by atoms with Gasteiger partial charge in [0.25, 0.3) is 0 Å². The molecule has 0 spiro atoms. The van der Waals surface area contributed by atoms with Gasteiger partial charge in [-0.2, -0.15) is 0 Å². The fraction of sp³-hybridized carbons (Fsp3) is 0.923. The van der Waals surface area contributed by atoms with E-state index in [0.717, 1.165) is 6.54 Å². The topological polar surface area (TPSA) is 27.6 Å². The maximum atomic E-state index is 4.66. The van der Waals surface area contributed by atoms with E-state index >= 15 is 0 Å².